The third-order valence-electron chi connectivity index (χ3n) is 5.72. The van der Waals surface area contributed by atoms with Crippen LogP contribution in [0.2, 0.25) is 0 Å². The van der Waals surface area contributed by atoms with Crippen LogP contribution in [0.4, 0.5) is 4.39 Å². The summed E-state index contributed by atoms with van der Waals surface area (Å²) < 4.78 is 13.6. The molecule has 1 heterocycles. The number of hydrogen-bond acceptors (Lipinski definition) is 2. The third kappa shape index (κ3) is 6.15. The van der Waals surface area contributed by atoms with Crippen LogP contribution >= 0.6 is 0 Å². The lowest BCUT2D eigenvalue weighted by molar-refractivity contribution is -0.122. The molecule has 1 aromatic carbocycles. The summed E-state index contributed by atoms with van der Waals surface area (Å²) in [6.07, 6.45) is 10.8. The number of rotatable bonds is 11. The Labute approximate surface area is 167 Å². The Balaban J connectivity index is 1.37. The molecular formula is C24H31FN2O. The van der Waals surface area contributed by atoms with Gasteiger partial charge in [-0.25, -0.2) is 4.39 Å². The summed E-state index contributed by atoms with van der Waals surface area (Å²) in [6, 6.07) is 11.0. The minimum absolute atomic E-state index is 0.145. The summed E-state index contributed by atoms with van der Waals surface area (Å²) in [5.41, 5.74) is 2.32. The van der Waals surface area contributed by atoms with Crippen LogP contribution in [0.15, 0.2) is 48.8 Å². The van der Waals surface area contributed by atoms with Gasteiger partial charge in [0.2, 0.25) is 5.91 Å². The molecule has 3 nitrogen and oxygen atoms in total. The van der Waals surface area contributed by atoms with Crippen molar-refractivity contribution in [3.05, 3.63) is 65.7 Å². The first-order valence-corrected chi connectivity index (χ1v) is 10.6. The first-order valence-electron chi connectivity index (χ1n) is 10.6. The molecule has 3 unspecified atom stereocenters. The Morgan fingerprint density at radius 1 is 1.29 bits per heavy atom. The van der Waals surface area contributed by atoms with Crippen LogP contribution in [-0.2, 0) is 11.2 Å². The molecule has 0 aliphatic heterocycles. The van der Waals surface area contributed by atoms with Crippen molar-refractivity contribution in [3.63, 3.8) is 0 Å². The number of amides is 1. The predicted molar refractivity (Wildman–Crippen MR) is 110 cm³/mol. The van der Waals surface area contributed by atoms with Crippen LogP contribution in [0.1, 0.15) is 62.5 Å². The van der Waals surface area contributed by atoms with E-state index in [2.05, 4.69) is 23.3 Å². The van der Waals surface area contributed by atoms with Gasteiger partial charge in [0.1, 0.15) is 5.82 Å². The van der Waals surface area contributed by atoms with E-state index < -0.39 is 0 Å². The second kappa shape index (κ2) is 10.4. The highest BCUT2D eigenvalue weighted by Crippen LogP contribution is 2.46. The average Bonchev–Trinajstić information content (AvgIpc) is 3.47. The first kappa shape index (κ1) is 20.5. The van der Waals surface area contributed by atoms with Crippen LogP contribution in [0, 0.1) is 17.7 Å². The van der Waals surface area contributed by atoms with E-state index >= 15 is 0 Å². The molecule has 0 radical (unpaired) electrons. The van der Waals surface area contributed by atoms with Crippen molar-refractivity contribution < 1.29 is 9.18 Å². The first-order chi connectivity index (χ1) is 13.7. The minimum Gasteiger partial charge on any atom is -0.356 e. The van der Waals surface area contributed by atoms with Gasteiger partial charge < -0.3 is 5.32 Å². The maximum Gasteiger partial charge on any atom is 0.223 e. The lowest BCUT2D eigenvalue weighted by atomic mass is 9.89. The number of benzene rings is 1. The van der Waals surface area contributed by atoms with Crippen LogP contribution in [0.25, 0.3) is 0 Å². The highest BCUT2D eigenvalue weighted by Gasteiger charge is 2.43. The second-order valence-corrected chi connectivity index (χ2v) is 7.99. The molecule has 3 atom stereocenters. The summed E-state index contributed by atoms with van der Waals surface area (Å²) in [4.78, 5) is 16.5. The molecule has 1 aliphatic carbocycles. The number of nitrogens with zero attached hydrogens (tertiary/aromatic N) is 1. The second-order valence-electron chi connectivity index (χ2n) is 7.99. The van der Waals surface area contributed by atoms with Crippen molar-refractivity contribution in [2.45, 2.75) is 57.8 Å². The fraction of sp³-hybridized carbons (Fsp3) is 0.500. The van der Waals surface area contributed by atoms with E-state index in [0.717, 1.165) is 57.1 Å². The van der Waals surface area contributed by atoms with Crippen LogP contribution < -0.4 is 5.32 Å². The van der Waals surface area contributed by atoms with E-state index in [4.69, 9.17) is 0 Å². The van der Waals surface area contributed by atoms with Gasteiger partial charge in [-0.3, -0.25) is 9.78 Å². The summed E-state index contributed by atoms with van der Waals surface area (Å²) in [5.74, 6) is 0.959. The molecule has 1 fully saturated rings. The van der Waals surface area contributed by atoms with E-state index in [1.807, 2.05) is 18.3 Å². The Morgan fingerprint density at radius 3 is 2.93 bits per heavy atom. The molecule has 1 saturated carbocycles. The lowest BCUT2D eigenvalue weighted by Gasteiger charge is -2.17. The monoisotopic (exact) mass is 382 g/mol. The summed E-state index contributed by atoms with van der Waals surface area (Å²) >= 11 is 0. The zero-order valence-corrected chi connectivity index (χ0v) is 16.7. The van der Waals surface area contributed by atoms with Crippen LogP contribution in [0.3, 0.4) is 0 Å². The number of carbonyl (C=O) groups excluding carboxylic acids is 1. The van der Waals surface area contributed by atoms with Crippen molar-refractivity contribution in [2.75, 3.05) is 6.54 Å². The normalized spacial score (nSPS) is 19.2. The van der Waals surface area contributed by atoms with Gasteiger partial charge in [0.15, 0.2) is 0 Å². The number of carbonyl (C=O) groups is 1. The molecule has 0 spiro atoms. The van der Waals surface area contributed by atoms with Gasteiger partial charge in [-0.05, 0) is 79.7 Å². The van der Waals surface area contributed by atoms with Crippen molar-refractivity contribution in [3.8, 4) is 0 Å². The number of nitrogens with one attached hydrogen (secondary N) is 1. The summed E-state index contributed by atoms with van der Waals surface area (Å²) in [5, 5.41) is 3.10. The lowest BCUT2D eigenvalue weighted by Crippen LogP contribution is -2.26. The average molecular weight is 383 g/mol. The molecule has 2 aromatic rings. The maximum atomic E-state index is 13.6. The van der Waals surface area contributed by atoms with Gasteiger partial charge in [0, 0.05) is 24.9 Å². The van der Waals surface area contributed by atoms with E-state index in [1.165, 1.54) is 11.6 Å². The molecule has 1 aliphatic rings. The molecule has 1 aromatic heterocycles. The Morgan fingerprint density at radius 2 is 2.18 bits per heavy atom. The molecule has 0 bridgehead atoms. The summed E-state index contributed by atoms with van der Waals surface area (Å²) in [6.45, 7) is 2.90. The fourth-order valence-electron chi connectivity index (χ4n) is 4.07. The van der Waals surface area contributed by atoms with Crippen molar-refractivity contribution in [1.82, 2.24) is 10.3 Å². The highest BCUT2D eigenvalue weighted by molar-refractivity contribution is 5.81. The molecule has 1 N–H and O–H groups in total. The zero-order chi connectivity index (χ0) is 19.8. The number of aromatic nitrogens is 1. The van der Waals surface area contributed by atoms with Crippen LogP contribution in [-0.4, -0.2) is 17.4 Å². The Hall–Kier alpha value is -2.23. The van der Waals surface area contributed by atoms with Gasteiger partial charge in [-0.15, -0.1) is 0 Å². The molecule has 3 rings (SSSR count). The number of hydrogen-bond donors (Lipinski definition) is 1. The number of halogens is 1. The fourth-order valence-corrected chi connectivity index (χ4v) is 4.07. The van der Waals surface area contributed by atoms with Gasteiger partial charge in [0.25, 0.3) is 0 Å². The molecule has 28 heavy (non-hydrogen) atoms. The van der Waals surface area contributed by atoms with Gasteiger partial charge in [-0.2, -0.15) is 0 Å². The van der Waals surface area contributed by atoms with E-state index in [1.54, 1.807) is 18.3 Å². The van der Waals surface area contributed by atoms with Gasteiger partial charge in [-0.1, -0.05) is 31.5 Å². The van der Waals surface area contributed by atoms with Crippen molar-refractivity contribution in [1.29, 1.82) is 0 Å². The van der Waals surface area contributed by atoms with Crippen molar-refractivity contribution >= 4 is 5.91 Å². The summed E-state index contributed by atoms with van der Waals surface area (Å²) in [7, 11) is 0. The molecule has 150 valence electrons. The minimum atomic E-state index is -0.171. The quantitative estimate of drug-likeness (QED) is 0.538. The molecule has 4 heteroatoms. The number of unbranched alkanes of at least 4 members (excludes halogenated alkanes) is 1. The zero-order valence-electron chi connectivity index (χ0n) is 16.7. The Kier molecular flexibility index (Phi) is 7.58. The topological polar surface area (TPSA) is 42.0 Å². The maximum absolute atomic E-state index is 13.6. The third-order valence-corrected chi connectivity index (χ3v) is 5.72. The number of aryl methyl sites for hydroxylation is 1. The van der Waals surface area contributed by atoms with E-state index in [0.29, 0.717) is 11.8 Å². The molecular weight excluding hydrogens is 351 g/mol. The van der Waals surface area contributed by atoms with E-state index in [9.17, 15) is 9.18 Å². The largest absolute Gasteiger partial charge is 0.356 e. The number of pyridine rings is 1. The van der Waals surface area contributed by atoms with Crippen LogP contribution in [0.5, 0.6) is 0 Å². The van der Waals surface area contributed by atoms with Gasteiger partial charge >= 0.3 is 0 Å². The smallest absolute Gasteiger partial charge is 0.223 e. The SMILES string of the molecule is CCCC(CC1CC1C(=O)NCCCCc1cccnc1)c1cccc(F)c1. The Bertz CT molecular complexity index is 749. The molecule has 0 saturated heterocycles. The molecule has 1 amide bonds. The highest BCUT2D eigenvalue weighted by atomic mass is 19.1. The standard InChI is InChI=1S/C24H31FN2O/c1-2-7-19(20-10-5-11-22(25)15-20)14-21-16-23(21)24(28)27-13-4-3-8-18-9-6-12-26-17-18/h5-6,9-12,15,17,19,21,23H,2-4,7-8,13-14,16H2,1H3,(H,27,28). The van der Waals surface area contributed by atoms with E-state index in [-0.39, 0.29) is 17.6 Å². The van der Waals surface area contributed by atoms with Crippen molar-refractivity contribution in [2.24, 2.45) is 11.8 Å². The predicted octanol–water partition coefficient (Wildman–Crippen LogP) is 5.27. The van der Waals surface area contributed by atoms with Gasteiger partial charge in [0.05, 0.1) is 0 Å².